The number of hydrogen-bond acceptors (Lipinski definition) is 2. The van der Waals surface area contributed by atoms with E-state index in [1.54, 1.807) is 6.42 Å². The summed E-state index contributed by atoms with van der Waals surface area (Å²) in [4.78, 5) is 11.0. The average Bonchev–Trinajstić information content (AvgIpc) is 2.06. The molecule has 0 bridgehead atoms. The second-order valence-electron chi connectivity index (χ2n) is 3.32. The molecule has 0 aromatic rings. The average molecular weight is 169 g/mol. The number of ether oxygens (including phenoxy) is 1. The first-order valence-electron chi connectivity index (χ1n) is 4.84. The van der Waals surface area contributed by atoms with Crippen molar-refractivity contribution in [2.45, 2.75) is 39.0 Å². The highest BCUT2D eigenvalue weighted by molar-refractivity contribution is 5.79. The normalized spacial score (nSPS) is 19.1. The van der Waals surface area contributed by atoms with Crippen molar-refractivity contribution in [3.8, 4) is 0 Å². The maximum Gasteiger partial charge on any atom is 0.310 e. The molecule has 2 nitrogen and oxygen atoms in total. The van der Waals surface area contributed by atoms with Gasteiger partial charge in [-0.2, -0.15) is 0 Å². The van der Waals surface area contributed by atoms with Crippen molar-refractivity contribution in [2.24, 2.45) is 5.92 Å². The molecule has 0 saturated heterocycles. The summed E-state index contributed by atoms with van der Waals surface area (Å²) < 4.78 is 4.85. The molecule has 1 rings (SSSR count). The van der Waals surface area contributed by atoms with Crippen LogP contribution < -0.4 is 0 Å². The van der Waals surface area contributed by atoms with E-state index in [0.717, 1.165) is 0 Å². The summed E-state index contributed by atoms with van der Waals surface area (Å²) >= 11 is 0. The predicted octanol–water partition coefficient (Wildman–Crippen LogP) is 2.33. The third-order valence-electron chi connectivity index (χ3n) is 2.31. The zero-order valence-electron chi connectivity index (χ0n) is 7.71. The van der Waals surface area contributed by atoms with Gasteiger partial charge in [0.2, 0.25) is 0 Å². The highest BCUT2D eigenvalue weighted by Crippen LogP contribution is 2.25. The Morgan fingerprint density at radius 1 is 1.42 bits per heavy atom. The molecule has 1 aliphatic rings. The first kappa shape index (κ1) is 9.56. The lowest BCUT2D eigenvalue weighted by Crippen LogP contribution is -2.15. The number of esters is 1. The van der Waals surface area contributed by atoms with Crippen molar-refractivity contribution >= 4 is 5.97 Å². The van der Waals surface area contributed by atoms with Crippen LogP contribution in [0.3, 0.4) is 0 Å². The quantitative estimate of drug-likeness (QED) is 0.606. The van der Waals surface area contributed by atoms with Gasteiger partial charge in [-0.3, -0.25) is 4.79 Å². The monoisotopic (exact) mass is 169 g/mol. The highest BCUT2D eigenvalue weighted by Gasteiger charge is 2.17. The Morgan fingerprint density at radius 3 is 2.67 bits per heavy atom. The molecule has 0 amide bonds. The Balaban J connectivity index is 2.15. The minimum atomic E-state index is -0.135. The zero-order valence-corrected chi connectivity index (χ0v) is 7.71. The van der Waals surface area contributed by atoms with Gasteiger partial charge in [0.1, 0.15) is 0 Å². The Hall–Kier alpha value is -0.530. The Kier molecular flexibility index (Phi) is 4.12. The van der Waals surface area contributed by atoms with Crippen molar-refractivity contribution < 1.29 is 9.53 Å². The van der Waals surface area contributed by atoms with Gasteiger partial charge in [-0.25, -0.2) is 0 Å². The number of rotatable bonds is 3. The van der Waals surface area contributed by atoms with E-state index in [-0.39, 0.29) is 5.97 Å². The largest absolute Gasteiger partial charge is 0.466 e. The van der Waals surface area contributed by atoms with Crippen LogP contribution in [0.25, 0.3) is 0 Å². The van der Waals surface area contributed by atoms with Crippen LogP contribution in [0.2, 0.25) is 0 Å². The fourth-order valence-corrected chi connectivity index (χ4v) is 1.68. The van der Waals surface area contributed by atoms with Gasteiger partial charge in [0.15, 0.2) is 0 Å². The van der Waals surface area contributed by atoms with E-state index >= 15 is 0 Å². The van der Waals surface area contributed by atoms with E-state index in [1.807, 2.05) is 6.92 Å². The van der Waals surface area contributed by atoms with Crippen LogP contribution in [-0.2, 0) is 9.53 Å². The summed E-state index contributed by atoms with van der Waals surface area (Å²) in [5.74, 6) is 0.349. The number of carbonyl (C=O) groups is 1. The van der Waals surface area contributed by atoms with E-state index in [0.29, 0.717) is 12.5 Å². The third kappa shape index (κ3) is 3.24. The SMILES string of the molecule is CCOC(=O)[CH]C1CCCCC1. The maximum atomic E-state index is 11.0. The standard InChI is InChI=1S/C10H17O2/c1-2-12-10(11)8-9-6-4-3-5-7-9/h8-9H,2-7H2,1H3. The van der Waals surface area contributed by atoms with Crippen LogP contribution in [0.1, 0.15) is 39.0 Å². The minimum absolute atomic E-state index is 0.135. The van der Waals surface area contributed by atoms with E-state index in [1.165, 1.54) is 32.1 Å². The number of hydrogen-bond donors (Lipinski definition) is 0. The first-order valence-corrected chi connectivity index (χ1v) is 4.84. The molecule has 1 saturated carbocycles. The molecule has 1 radical (unpaired) electrons. The lowest BCUT2D eigenvalue weighted by atomic mass is 9.87. The molecule has 0 aliphatic heterocycles. The van der Waals surface area contributed by atoms with E-state index in [9.17, 15) is 4.79 Å². The molecule has 1 aliphatic carbocycles. The van der Waals surface area contributed by atoms with Crippen molar-refractivity contribution in [1.82, 2.24) is 0 Å². The molecule has 0 aromatic carbocycles. The summed E-state index contributed by atoms with van der Waals surface area (Å²) in [6.07, 6.45) is 7.94. The molecule has 0 aromatic heterocycles. The van der Waals surface area contributed by atoms with Gasteiger partial charge >= 0.3 is 5.97 Å². The third-order valence-corrected chi connectivity index (χ3v) is 2.31. The van der Waals surface area contributed by atoms with E-state index in [4.69, 9.17) is 4.74 Å². The molecular weight excluding hydrogens is 152 g/mol. The minimum Gasteiger partial charge on any atom is -0.466 e. The lowest BCUT2D eigenvalue weighted by Gasteiger charge is -2.19. The molecule has 0 heterocycles. The molecular formula is C10H17O2. The molecule has 12 heavy (non-hydrogen) atoms. The predicted molar refractivity (Wildman–Crippen MR) is 47.5 cm³/mol. The second-order valence-corrected chi connectivity index (χ2v) is 3.32. The Bertz CT molecular complexity index is 137. The van der Waals surface area contributed by atoms with Crippen molar-refractivity contribution in [2.75, 3.05) is 6.61 Å². The van der Waals surface area contributed by atoms with Crippen LogP contribution in [0.5, 0.6) is 0 Å². The van der Waals surface area contributed by atoms with Gasteiger partial charge in [0.25, 0.3) is 0 Å². The van der Waals surface area contributed by atoms with Crippen LogP contribution in [-0.4, -0.2) is 12.6 Å². The van der Waals surface area contributed by atoms with E-state index in [2.05, 4.69) is 0 Å². The Labute approximate surface area is 74.3 Å². The number of carbonyl (C=O) groups excluding carboxylic acids is 1. The Morgan fingerprint density at radius 2 is 2.08 bits per heavy atom. The molecule has 69 valence electrons. The zero-order chi connectivity index (χ0) is 8.81. The van der Waals surface area contributed by atoms with Gasteiger partial charge in [-0.15, -0.1) is 0 Å². The summed E-state index contributed by atoms with van der Waals surface area (Å²) in [5, 5.41) is 0. The first-order chi connectivity index (χ1) is 5.83. The van der Waals surface area contributed by atoms with Crippen molar-refractivity contribution in [1.29, 1.82) is 0 Å². The van der Waals surface area contributed by atoms with E-state index < -0.39 is 0 Å². The summed E-state index contributed by atoms with van der Waals surface area (Å²) in [6.45, 7) is 2.33. The fraction of sp³-hybridized carbons (Fsp3) is 0.800. The van der Waals surface area contributed by atoms with Crippen LogP contribution in [0.15, 0.2) is 0 Å². The summed E-state index contributed by atoms with van der Waals surface area (Å²) in [5.41, 5.74) is 0. The van der Waals surface area contributed by atoms with Gasteiger partial charge in [0.05, 0.1) is 13.0 Å². The summed E-state index contributed by atoms with van der Waals surface area (Å²) in [6, 6.07) is 0. The van der Waals surface area contributed by atoms with Gasteiger partial charge in [-0.05, 0) is 25.7 Å². The van der Waals surface area contributed by atoms with Gasteiger partial charge < -0.3 is 4.74 Å². The molecule has 0 atom stereocenters. The van der Waals surface area contributed by atoms with Gasteiger partial charge in [-0.1, -0.05) is 19.3 Å². The molecule has 0 unspecified atom stereocenters. The molecule has 2 heteroatoms. The van der Waals surface area contributed by atoms with Crippen molar-refractivity contribution in [3.05, 3.63) is 6.42 Å². The molecule has 1 fully saturated rings. The van der Waals surface area contributed by atoms with Crippen LogP contribution >= 0.6 is 0 Å². The molecule has 0 N–H and O–H groups in total. The maximum absolute atomic E-state index is 11.0. The topological polar surface area (TPSA) is 26.3 Å². The smallest absolute Gasteiger partial charge is 0.310 e. The highest BCUT2D eigenvalue weighted by atomic mass is 16.5. The fourth-order valence-electron chi connectivity index (χ4n) is 1.68. The second kappa shape index (κ2) is 5.18. The van der Waals surface area contributed by atoms with Crippen LogP contribution in [0.4, 0.5) is 0 Å². The van der Waals surface area contributed by atoms with Crippen LogP contribution in [0, 0.1) is 12.3 Å². The lowest BCUT2D eigenvalue weighted by molar-refractivity contribution is -0.139. The summed E-state index contributed by atoms with van der Waals surface area (Å²) in [7, 11) is 0. The van der Waals surface area contributed by atoms with Gasteiger partial charge in [0, 0.05) is 0 Å². The van der Waals surface area contributed by atoms with Crippen molar-refractivity contribution in [3.63, 3.8) is 0 Å². The molecule has 0 spiro atoms.